The number of pyridine rings is 2. The van der Waals surface area contributed by atoms with Crippen LogP contribution in [0.15, 0.2) is 92.4 Å². The monoisotopic (exact) mass is 966 g/mol. The van der Waals surface area contributed by atoms with Crippen LogP contribution in [0.2, 0.25) is 0 Å². The molecule has 0 fully saturated rings. The van der Waals surface area contributed by atoms with Crippen LogP contribution in [0.3, 0.4) is 0 Å². The van der Waals surface area contributed by atoms with E-state index in [1.807, 2.05) is 38.1 Å². The molecule has 6 rings (SSSR count). The Kier molecular flexibility index (Phi) is 17.7. The number of furan rings is 2. The minimum absolute atomic E-state index is 0.0809. The number of anilines is 2. The van der Waals surface area contributed by atoms with E-state index in [1.54, 1.807) is 72.1 Å². The van der Waals surface area contributed by atoms with Crippen molar-refractivity contribution in [3.8, 4) is 22.8 Å². The van der Waals surface area contributed by atoms with E-state index in [0.29, 0.717) is 36.7 Å². The van der Waals surface area contributed by atoms with E-state index in [0.717, 1.165) is 26.5 Å². The van der Waals surface area contributed by atoms with Crippen molar-refractivity contribution >= 4 is 73.3 Å². The van der Waals surface area contributed by atoms with Crippen molar-refractivity contribution in [3.63, 3.8) is 0 Å². The van der Waals surface area contributed by atoms with E-state index in [9.17, 15) is 29.8 Å². The Labute approximate surface area is 382 Å². The predicted octanol–water partition coefficient (Wildman–Crippen LogP) is 11.1. The fourth-order valence-corrected chi connectivity index (χ4v) is 5.57. The number of hydrogen-bond donors (Lipinski definition) is 0. The molecule has 0 atom stereocenters. The minimum Gasteiger partial charge on any atom is -0.468 e. The molecule has 0 aliphatic heterocycles. The van der Waals surface area contributed by atoms with Crippen LogP contribution in [0, 0.1) is 20.2 Å². The summed E-state index contributed by atoms with van der Waals surface area (Å²) in [4.78, 5) is 55.4. The van der Waals surface area contributed by atoms with Crippen molar-refractivity contribution in [1.29, 1.82) is 0 Å². The fraction of sp³-hybridized carbons (Fsp3) is 0.364. The van der Waals surface area contributed by atoms with Gasteiger partial charge in [0.1, 0.15) is 49.7 Å². The van der Waals surface area contributed by atoms with Gasteiger partial charge in [-0.05, 0) is 152 Å². The fourth-order valence-electron chi connectivity index (χ4n) is 5.21. The van der Waals surface area contributed by atoms with Crippen LogP contribution in [0.25, 0.3) is 33.3 Å². The molecule has 0 radical (unpaired) electrons. The molecule has 0 unspecified atom stereocenters. The highest BCUT2D eigenvalue weighted by Gasteiger charge is 2.29. The van der Waals surface area contributed by atoms with Gasteiger partial charge < -0.3 is 57.5 Å². The average molecular weight is 968 g/mol. The number of hydrogen-bond acceptors (Lipinski definition) is 16. The summed E-state index contributed by atoms with van der Waals surface area (Å²) in [6.45, 7) is 15.8. The standard InChI is InChI=1S/C22H25N3O7.C11H14BrN3O4.C11H12O3/c1-6-29-13-30-15-7-9-17-14(11-15)12-18(31-17)16-8-10-19(23-20(16)25(27)28)24(5)21(26)32-22(2,3)4;1-11(2,3)19-10(16)14(4)8-6-5-7(12)9(13-8)15(17)18;1-2-12-8-14-10-3-4-11-9(7-10)5-6-13-11/h7-12H,6,13H2,1-5H3;5-6H,1-4H3;3-7H,2,8H2,1H3. The molecule has 2 aromatic carbocycles. The lowest BCUT2D eigenvalue weighted by molar-refractivity contribution is -0.390. The van der Waals surface area contributed by atoms with Crippen molar-refractivity contribution in [1.82, 2.24) is 9.97 Å². The lowest BCUT2D eigenvalue weighted by atomic mass is 10.1. The first-order chi connectivity index (χ1) is 30.6. The minimum atomic E-state index is -0.712. The number of fused-ring (bicyclic) bond motifs is 2. The van der Waals surface area contributed by atoms with Crippen LogP contribution in [0.1, 0.15) is 55.4 Å². The largest absolute Gasteiger partial charge is 0.468 e. The molecular formula is C44H51BrN6O14. The number of ether oxygens (including phenoxy) is 6. The van der Waals surface area contributed by atoms with Gasteiger partial charge in [-0.3, -0.25) is 0 Å². The highest BCUT2D eigenvalue weighted by atomic mass is 79.9. The molecule has 0 saturated heterocycles. The molecular weight excluding hydrogens is 916 g/mol. The molecule has 348 valence electrons. The summed E-state index contributed by atoms with van der Waals surface area (Å²) in [6, 6.07) is 20.4. The Morgan fingerprint density at radius 2 is 1.17 bits per heavy atom. The smallest absolute Gasteiger partial charge is 0.417 e. The molecule has 4 aromatic heterocycles. The normalized spacial score (nSPS) is 11.1. The lowest BCUT2D eigenvalue weighted by Gasteiger charge is -2.22. The lowest BCUT2D eigenvalue weighted by Crippen LogP contribution is -2.34. The molecule has 0 N–H and O–H groups in total. The van der Waals surface area contributed by atoms with Gasteiger partial charge in [-0.25, -0.2) is 19.4 Å². The van der Waals surface area contributed by atoms with Gasteiger partial charge >= 0.3 is 23.8 Å². The van der Waals surface area contributed by atoms with Crippen molar-refractivity contribution in [2.24, 2.45) is 0 Å². The third-order valence-corrected chi connectivity index (χ3v) is 8.86. The number of nitrogens with zero attached hydrogens (tertiary/aromatic N) is 6. The first kappa shape index (κ1) is 50.8. The number of amides is 2. The summed E-state index contributed by atoms with van der Waals surface area (Å²) in [5, 5.41) is 24.2. The van der Waals surface area contributed by atoms with Gasteiger partial charge in [0, 0.05) is 50.2 Å². The molecule has 21 heteroatoms. The van der Waals surface area contributed by atoms with Crippen molar-refractivity contribution in [2.75, 3.05) is 50.7 Å². The molecule has 6 aromatic rings. The number of nitro groups is 2. The highest BCUT2D eigenvalue weighted by molar-refractivity contribution is 9.10. The Bertz CT molecular complexity index is 2580. The Hall–Kier alpha value is -6.84. The third-order valence-electron chi connectivity index (χ3n) is 8.24. The van der Waals surface area contributed by atoms with Crippen LogP contribution in [0.4, 0.5) is 32.9 Å². The SMILES string of the molecule is CCOCOc1ccc2oc(-c3ccc(N(C)C(=O)OC(C)(C)C)nc3[N+](=O)[O-])cc2c1.CCOCOc1ccc2occc2c1.CN(C(=O)OC(C)(C)C)c1ccc(Br)c([N+](=O)[O-])n1. The maximum absolute atomic E-state index is 12.3. The molecule has 0 saturated carbocycles. The molecule has 0 aliphatic carbocycles. The summed E-state index contributed by atoms with van der Waals surface area (Å²) in [6.07, 6.45) is 0.365. The van der Waals surface area contributed by atoms with Crippen LogP contribution in [-0.2, 0) is 18.9 Å². The van der Waals surface area contributed by atoms with Gasteiger partial charge in [0.25, 0.3) is 11.6 Å². The molecule has 0 bridgehead atoms. The Morgan fingerprint density at radius 1 is 0.677 bits per heavy atom. The summed E-state index contributed by atoms with van der Waals surface area (Å²) >= 11 is 3.03. The second kappa shape index (κ2) is 22.7. The van der Waals surface area contributed by atoms with E-state index in [1.165, 1.54) is 38.4 Å². The first-order valence-corrected chi connectivity index (χ1v) is 20.7. The van der Waals surface area contributed by atoms with Gasteiger partial charge in [-0.2, -0.15) is 0 Å². The molecule has 0 aliphatic rings. The molecule has 20 nitrogen and oxygen atoms in total. The van der Waals surface area contributed by atoms with Gasteiger partial charge in [0.15, 0.2) is 13.6 Å². The summed E-state index contributed by atoms with van der Waals surface area (Å²) in [5.41, 5.74) is 0.231. The van der Waals surface area contributed by atoms with E-state index in [4.69, 9.17) is 37.3 Å². The first-order valence-electron chi connectivity index (χ1n) is 19.9. The predicted molar refractivity (Wildman–Crippen MR) is 244 cm³/mol. The van der Waals surface area contributed by atoms with E-state index in [2.05, 4.69) is 25.9 Å². The van der Waals surface area contributed by atoms with Crippen LogP contribution in [-0.4, -0.2) is 84.1 Å². The summed E-state index contributed by atoms with van der Waals surface area (Å²) in [7, 11) is 2.87. The highest BCUT2D eigenvalue weighted by Crippen LogP contribution is 2.36. The second-order valence-corrected chi connectivity index (χ2v) is 16.4. The van der Waals surface area contributed by atoms with E-state index >= 15 is 0 Å². The average Bonchev–Trinajstić information content (AvgIpc) is 3.89. The number of aromatic nitrogens is 2. The number of halogens is 1. The quantitative estimate of drug-likeness (QED) is 0.0453. The maximum atomic E-state index is 12.3. The molecule has 4 heterocycles. The molecule has 0 spiro atoms. The number of carbonyl (C=O) groups is 2. The molecule has 2 amide bonds. The van der Waals surface area contributed by atoms with Crippen LogP contribution < -0.4 is 19.3 Å². The Morgan fingerprint density at radius 3 is 1.68 bits per heavy atom. The topological polar surface area (TPSA) is 234 Å². The van der Waals surface area contributed by atoms with Crippen LogP contribution >= 0.6 is 15.9 Å². The number of benzene rings is 2. The van der Waals surface area contributed by atoms with E-state index in [-0.39, 0.29) is 40.0 Å². The Balaban J connectivity index is 0.000000236. The maximum Gasteiger partial charge on any atom is 0.417 e. The van der Waals surface area contributed by atoms with Crippen LogP contribution in [0.5, 0.6) is 11.5 Å². The van der Waals surface area contributed by atoms with Gasteiger partial charge in [0.2, 0.25) is 0 Å². The number of rotatable bonds is 13. The summed E-state index contributed by atoms with van der Waals surface area (Å²) < 4.78 is 42.8. The second-order valence-electron chi connectivity index (χ2n) is 15.5. The zero-order valence-corrected chi connectivity index (χ0v) is 39.2. The van der Waals surface area contributed by atoms with Gasteiger partial charge in [-0.1, -0.05) is 0 Å². The zero-order valence-electron chi connectivity index (χ0n) is 37.6. The number of carbonyl (C=O) groups excluding carboxylic acids is 2. The third kappa shape index (κ3) is 15.1. The van der Waals surface area contributed by atoms with Crippen molar-refractivity contribution in [2.45, 2.75) is 66.6 Å². The zero-order chi connectivity index (χ0) is 48.1. The van der Waals surface area contributed by atoms with E-state index < -0.39 is 39.1 Å². The van der Waals surface area contributed by atoms with Crippen molar-refractivity contribution < 1.29 is 56.7 Å². The van der Waals surface area contributed by atoms with Crippen molar-refractivity contribution in [3.05, 3.63) is 104 Å². The molecule has 65 heavy (non-hydrogen) atoms. The summed E-state index contributed by atoms with van der Waals surface area (Å²) in [5.74, 6) is 1.08. The van der Waals surface area contributed by atoms with Gasteiger partial charge in [0.05, 0.1) is 6.26 Å². The van der Waals surface area contributed by atoms with Gasteiger partial charge in [-0.15, -0.1) is 0 Å².